The number of carboxylic acid groups (broad SMARTS) is 1. The molecule has 0 aromatic carbocycles. The molecule has 6 heteroatoms. The van der Waals surface area contributed by atoms with Crippen molar-refractivity contribution in [2.75, 3.05) is 18.0 Å². The van der Waals surface area contributed by atoms with Crippen LogP contribution in [0.5, 0.6) is 0 Å². The van der Waals surface area contributed by atoms with Crippen LogP contribution < -0.4 is 4.90 Å². The summed E-state index contributed by atoms with van der Waals surface area (Å²) < 4.78 is 4.81. The molecule has 2 aromatic heterocycles. The van der Waals surface area contributed by atoms with Crippen molar-refractivity contribution in [2.45, 2.75) is 32.6 Å². The Bertz CT molecular complexity index is 756. The summed E-state index contributed by atoms with van der Waals surface area (Å²) in [5, 5.41) is 12.7. The molecule has 2 aliphatic rings. The Labute approximate surface area is 134 Å². The minimum Gasteiger partial charge on any atom is -0.475 e. The first-order valence-electron chi connectivity index (χ1n) is 8.01. The zero-order valence-electron chi connectivity index (χ0n) is 13.1. The van der Waals surface area contributed by atoms with Gasteiger partial charge in [-0.1, -0.05) is 18.1 Å². The Hall–Kier alpha value is -2.37. The monoisotopic (exact) mass is 313 g/mol. The molecule has 6 nitrogen and oxygen atoms in total. The molecule has 2 aromatic rings. The summed E-state index contributed by atoms with van der Waals surface area (Å²) in [5.41, 5.74) is 3.34. The topological polar surface area (TPSA) is 79.5 Å². The summed E-state index contributed by atoms with van der Waals surface area (Å²) in [4.78, 5) is 18.0. The Morgan fingerprint density at radius 2 is 2.17 bits per heavy atom. The van der Waals surface area contributed by atoms with Crippen LogP contribution >= 0.6 is 0 Å². The number of aromatic nitrogens is 2. The minimum atomic E-state index is -1.10. The summed E-state index contributed by atoms with van der Waals surface area (Å²) in [6, 6.07) is 5.61. The highest BCUT2D eigenvalue weighted by Gasteiger charge is 2.52. The van der Waals surface area contributed by atoms with Crippen LogP contribution in [0.3, 0.4) is 0 Å². The Morgan fingerprint density at radius 1 is 1.39 bits per heavy atom. The summed E-state index contributed by atoms with van der Waals surface area (Å²) in [6.45, 7) is 4.35. The second-order valence-corrected chi connectivity index (χ2v) is 6.65. The lowest BCUT2D eigenvalue weighted by Crippen LogP contribution is -2.48. The van der Waals surface area contributed by atoms with Crippen LogP contribution in [0.2, 0.25) is 0 Å². The Morgan fingerprint density at radius 3 is 2.78 bits per heavy atom. The molecule has 0 bridgehead atoms. The molecule has 4 rings (SSSR count). The standard InChI is InChI=1S/C17H19N3O3/c1-2-13-11(7-12-8-14(16(21)22)23-19-12)3-4-15(18-13)20-9-17(10-20)5-6-17/h3-4,8H,2,5-7,9-10H2,1H3,(H,21,22). The summed E-state index contributed by atoms with van der Waals surface area (Å²) in [6.07, 6.45) is 4.10. The third-order valence-electron chi connectivity index (χ3n) is 4.86. The van der Waals surface area contributed by atoms with Crippen LogP contribution in [0.1, 0.15) is 47.3 Å². The van der Waals surface area contributed by atoms with E-state index in [1.54, 1.807) is 0 Å². The fourth-order valence-corrected chi connectivity index (χ4v) is 3.27. The SMILES string of the molecule is CCc1nc(N2CC3(CC3)C2)ccc1Cc1cc(C(=O)O)on1. The van der Waals surface area contributed by atoms with Gasteiger partial charge in [-0.2, -0.15) is 0 Å². The van der Waals surface area contributed by atoms with Gasteiger partial charge in [0.05, 0.1) is 5.69 Å². The summed E-state index contributed by atoms with van der Waals surface area (Å²) in [5.74, 6) is -0.174. The number of carbonyl (C=O) groups is 1. The fourth-order valence-electron chi connectivity index (χ4n) is 3.27. The van der Waals surface area contributed by atoms with Gasteiger partial charge < -0.3 is 14.5 Å². The third kappa shape index (κ3) is 2.58. The number of hydrogen-bond acceptors (Lipinski definition) is 5. The van der Waals surface area contributed by atoms with Crippen LogP contribution in [-0.2, 0) is 12.8 Å². The highest BCUT2D eigenvalue weighted by Crippen LogP contribution is 2.53. The quantitative estimate of drug-likeness (QED) is 0.913. The lowest BCUT2D eigenvalue weighted by Gasteiger charge is -2.41. The highest BCUT2D eigenvalue weighted by atomic mass is 16.5. The van der Waals surface area contributed by atoms with Crippen molar-refractivity contribution in [3.8, 4) is 0 Å². The second-order valence-electron chi connectivity index (χ2n) is 6.65. The van der Waals surface area contributed by atoms with Crippen LogP contribution in [0, 0.1) is 5.41 Å². The smallest absolute Gasteiger partial charge is 0.374 e. The molecule has 0 atom stereocenters. The molecule has 3 heterocycles. The molecule has 1 spiro atoms. The van der Waals surface area contributed by atoms with E-state index in [2.05, 4.69) is 29.1 Å². The van der Waals surface area contributed by atoms with Gasteiger partial charge in [0.25, 0.3) is 0 Å². The number of hydrogen-bond donors (Lipinski definition) is 1. The third-order valence-corrected chi connectivity index (χ3v) is 4.86. The van der Waals surface area contributed by atoms with Crippen molar-refractivity contribution < 1.29 is 14.4 Å². The van der Waals surface area contributed by atoms with E-state index >= 15 is 0 Å². The Balaban J connectivity index is 1.52. The summed E-state index contributed by atoms with van der Waals surface area (Å²) >= 11 is 0. The second kappa shape index (κ2) is 5.08. The lowest BCUT2D eigenvalue weighted by atomic mass is 9.96. The molecule has 23 heavy (non-hydrogen) atoms. The molecule has 1 saturated carbocycles. The van der Waals surface area contributed by atoms with Crippen LogP contribution in [0.25, 0.3) is 0 Å². The molecule has 2 fully saturated rings. The maximum atomic E-state index is 10.9. The van der Waals surface area contributed by atoms with E-state index in [0.717, 1.165) is 36.6 Å². The van der Waals surface area contributed by atoms with Gasteiger partial charge >= 0.3 is 5.97 Å². The van der Waals surface area contributed by atoms with E-state index in [4.69, 9.17) is 14.6 Å². The zero-order valence-corrected chi connectivity index (χ0v) is 13.1. The van der Waals surface area contributed by atoms with Crippen molar-refractivity contribution >= 4 is 11.8 Å². The maximum Gasteiger partial charge on any atom is 0.374 e. The van der Waals surface area contributed by atoms with Gasteiger partial charge in [-0.3, -0.25) is 0 Å². The van der Waals surface area contributed by atoms with Crippen LogP contribution in [0.4, 0.5) is 5.82 Å². The molecule has 1 N–H and O–H groups in total. The van der Waals surface area contributed by atoms with Gasteiger partial charge in [0, 0.05) is 36.7 Å². The van der Waals surface area contributed by atoms with E-state index in [9.17, 15) is 4.79 Å². The molecule has 1 aliphatic heterocycles. The predicted molar refractivity (Wildman–Crippen MR) is 83.8 cm³/mol. The van der Waals surface area contributed by atoms with E-state index < -0.39 is 5.97 Å². The molecular weight excluding hydrogens is 294 g/mol. The largest absolute Gasteiger partial charge is 0.475 e. The number of aromatic carboxylic acids is 1. The molecular formula is C17H19N3O3. The molecule has 0 radical (unpaired) electrons. The molecule has 120 valence electrons. The molecule has 0 unspecified atom stereocenters. The van der Waals surface area contributed by atoms with Gasteiger partial charge in [0.1, 0.15) is 5.82 Å². The predicted octanol–water partition coefficient (Wildman–Crippen LogP) is 2.52. The molecule has 1 saturated heterocycles. The normalized spacial score (nSPS) is 18.0. The van der Waals surface area contributed by atoms with Crippen molar-refractivity contribution in [1.82, 2.24) is 10.1 Å². The average Bonchev–Trinajstić information content (AvgIpc) is 3.18. The van der Waals surface area contributed by atoms with Gasteiger partial charge in [0.2, 0.25) is 5.76 Å². The number of carboxylic acids is 1. The lowest BCUT2D eigenvalue weighted by molar-refractivity contribution is 0.0652. The van der Waals surface area contributed by atoms with Crippen molar-refractivity contribution in [3.05, 3.63) is 40.9 Å². The van der Waals surface area contributed by atoms with E-state index in [-0.39, 0.29) is 5.76 Å². The zero-order chi connectivity index (χ0) is 16.0. The minimum absolute atomic E-state index is 0.127. The first-order chi connectivity index (χ1) is 11.1. The molecule has 0 amide bonds. The number of aryl methyl sites for hydroxylation is 1. The fraction of sp³-hybridized carbons (Fsp3) is 0.471. The van der Waals surface area contributed by atoms with Gasteiger partial charge in [-0.05, 0) is 30.9 Å². The van der Waals surface area contributed by atoms with E-state index in [1.165, 1.54) is 18.9 Å². The van der Waals surface area contributed by atoms with Crippen molar-refractivity contribution in [3.63, 3.8) is 0 Å². The van der Waals surface area contributed by atoms with Gasteiger partial charge in [-0.15, -0.1) is 0 Å². The maximum absolute atomic E-state index is 10.9. The first kappa shape index (κ1) is 14.2. The Kier molecular flexibility index (Phi) is 3.14. The van der Waals surface area contributed by atoms with Crippen molar-refractivity contribution in [2.24, 2.45) is 5.41 Å². The van der Waals surface area contributed by atoms with Gasteiger partial charge in [0.15, 0.2) is 0 Å². The highest BCUT2D eigenvalue weighted by molar-refractivity contribution is 5.84. The number of anilines is 1. The number of nitrogens with zero attached hydrogens (tertiary/aromatic N) is 3. The van der Waals surface area contributed by atoms with Crippen molar-refractivity contribution in [1.29, 1.82) is 0 Å². The number of rotatable bonds is 5. The van der Waals surface area contributed by atoms with Gasteiger partial charge in [-0.25, -0.2) is 9.78 Å². The number of pyridine rings is 1. The van der Waals surface area contributed by atoms with E-state index in [0.29, 0.717) is 17.5 Å². The average molecular weight is 313 g/mol. The summed E-state index contributed by atoms with van der Waals surface area (Å²) in [7, 11) is 0. The molecule has 1 aliphatic carbocycles. The van der Waals surface area contributed by atoms with Crippen LogP contribution in [0.15, 0.2) is 22.7 Å². The van der Waals surface area contributed by atoms with E-state index in [1.807, 2.05) is 0 Å². The first-order valence-corrected chi connectivity index (χ1v) is 8.01. The van der Waals surface area contributed by atoms with Crippen LogP contribution in [-0.4, -0.2) is 34.3 Å².